The molecule has 0 aliphatic rings. The number of ether oxygens (including phenoxy) is 1. The Morgan fingerprint density at radius 2 is 2.27 bits per heavy atom. The molecule has 1 unspecified atom stereocenters. The summed E-state index contributed by atoms with van der Waals surface area (Å²) < 4.78 is 4.96. The van der Waals surface area contributed by atoms with Gasteiger partial charge in [-0.25, -0.2) is 0 Å². The highest BCUT2D eigenvalue weighted by molar-refractivity contribution is 6.30. The number of hydrogen-bond donors (Lipinski definition) is 1. The Hall–Kier alpha value is -0.570. The molecule has 1 aromatic rings. The van der Waals surface area contributed by atoms with E-state index in [4.69, 9.17) is 16.3 Å². The van der Waals surface area contributed by atoms with Gasteiger partial charge < -0.3 is 10.1 Å². The highest BCUT2D eigenvalue weighted by Gasteiger charge is 2.04. The lowest BCUT2D eigenvalue weighted by Gasteiger charge is -2.13. The topological polar surface area (TPSA) is 21.3 Å². The fourth-order valence-corrected chi connectivity index (χ4v) is 1.62. The number of halogens is 1. The smallest absolute Gasteiger partial charge is 0.0587 e. The van der Waals surface area contributed by atoms with Crippen LogP contribution in [0.1, 0.15) is 18.4 Å². The summed E-state index contributed by atoms with van der Waals surface area (Å²) in [4.78, 5) is 0. The molecule has 0 aromatic heterocycles. The molecule has 0 fully saturated rings. The molecule has 0 radical (unpaired) electrons. The van der Waals surface area contributed by atoms with Crippen LogP contribution < -0.4 is 5.32 Å². The molecule has 1 atom stereocenters. The Bertz CT molecular complexity index is 291. The second-order valence-corrected chi connectivity index (χ2v) is 4.09. The van der Waals surface area contributed by atoms with Crippen molar-refractivity contribution in [2.24, 2.45) is 0 Å². The van der Waals surface area contributed by atoms with Gasteiger partial charge in [-0.3, -0.25) is 0 Å². The van der Waals surface area contributed by atoms with Gasteiger partial charge in [-0.1, -0.05) is 30.7 Å². The van der Waals surface area contributed by atoms with E-state index in [9.17, 15) is 0 Å². The van der Waals surface area contributed by atoms with Crippen LogP contribution in [0.4, 0.5) is 0 Å². The Labute approximate surface area is 96.6 Å². The van der Waals surface area contributed by atoms with Crippen molar-refractivity contribution >= 4 is 11.6 Å². The quantitative estimate of drug-likeness (QED) is 0.755. The maximum atomic E-state index is 5.93. The van der Waals surface area contributed by atoms with E-state index in [-0.39, 0.29) is 0 Å². The number of nitrogens with one attached hydrogen (secondary N) is 1. The van der Waals surface area contributed by atoms with Crippen LogP contribution in [0.3, 0.4) is 0 Å². The number of benzene rings is 1. The highest BCUT2D eigenvalue weighted by atomic mass is 35.5. The van der Waals surface area contributed by atoms with Gasteiger partial charge in [0.15, 0.2) is 0 Å². The Balaban J connectivity index is 2.36. The van der Waals surface area contributed by atoms with Gasteiger partial charge in [0.05, 0.1) is 6.61 Å². The minimum atomic E-state index is 0.473. The summed E-state index contributed by atoms with van der Waals surface area (Å²) >= 11 is 5.93. The summed E-state index contributed by atoms with van der Waals surface area (Å²) in [7, 11) is 1.71. The summed E-state index contributed by atoms with van der Waals surface area (Å²) in [6.45, 7) is 4.78. The molecule has 0 spiro atoms. The molecule has 0 saturated heterocycles. The molecular weight excluding hydrogens is 210 g/mol. The lowest BCUT2D eigenvalue weighted by molar-refractivity contribution is 0.199. The molecule has 0 heterocycles. The number of rotatable bonds is 6. The minimum absolute atomic E-state index is 0.473. The standard InChI is InChI=1S/C12H18ClNO/c1-10(9-14-6-7-15-2)11-4-3-5-12(13)8-11/h3-5,8,10,14H,6-7,9H2,1-2H3. The molecule has 1 N–H and O–H groups in total. The second-order valence-electron chi connectivity index (χ2n) is 3.65. The van der Waals surface area contributed by atoms with Gasteiger partial charge in [0.1, 0.15) is 0 Å². The molecule has 0 amide bonds. The van der Waals surface area contributed by atoms with E-state index in [0.717, 1.165) is 24.7 Å². The predicted molar refractivity (Wildman–Crippen MR) is 64.6 cm³/mol. The van der Waals surface area contributed by atoms with Crippen molar-refractivity contribution in [3.63, 3.8) is 0 Å². The van der Waals surface area contributed by atoms with E-state index in [1.165, 1.54) is 5.56 Å². The summed E-state index contributed by atoms with van der Waals surface area (Å²) in [6, 6.07) is 8.01. The van der Waals surface area contributed by atoms with Gasteiger partial charge in [0.25, 0.3) is 0 Å². The fraction of sp³-hybridized carbons (Fsp3) is 0.500. The van der Waals surface area contributed by atoms with Crippen molar-refractivity contribution in [1.82, 2.24) is 5.32 Å². The van der Waals surface area contributed by atoms with Crippen LogP contribution in [0.5, 0.6) is 0 Å². The maximum absolute atomic E-state index is 5.93. The van der Waals surface area contributed by atoms with E-state index in [2.05, 4.69) is 18.3 Å². The molecule has 3 heteroatoms. The van der Waals surface area contributed by atoms with Crippen molar-refractivity contribution in [1.29, 1.82) is 0 Å². The van der Waals surface area contributed by atoms with Crippen molar-refractivity contribution in [3.05, 3.63) is 34.9 Å². The third-order valence-corrected chi connectivity index (χ3v) is 2.59. The zero-order valence-corrected chi connectivity index (χ0v) is 10.1. The van der Waals surface area contributed by atoms with Crippen molar-refractivity contribution < 1.29 is 4.74 Å². The van der Waals surface area contributed by atoms with Crippen LogP contribution in [-0.4, -0.2) is 26.8 Å². The molecule has 84 valence electrons. The normalized spacial score (nSPS) is 12.7. The van der Waals surface area contributed by atoms with Crippen LogP contribution in [0, 0.1) is 0 Å². The average Bonchev–Trinajstić information content (AvgIpc) is 2.24. The Morgan fingerprint density at radius 3 is 2.93 bits per heavy atom. The third kappa shape index (κ3) is 4.65. The molecular formula is C12H18ClNO. The summed E-state index contributed by atoms with van der Waals surface area (Å²) in [5, 5.41) is 4.14. The molecule has 0 aliphatic heterocycles. The minimum Gasteiger partial charge on any atom is -0.383 e. The van der Waals surface area contributed by atoms with E-state index >= 15 is 0 Å². The zero-order chi connectivity index (χ0) is 11.1. The maximum Gasteiger partial charge on any atom is 0.0587 e. The van der Waals surface area contributed by atoms with Crippen molar-refractivity contribution in [2.75, 3.05) is 26.8 Å². The largest absolute Gasteiger partial charge is 0.383 e. The highest BCUT2D eigenvalue weighted by Crippen LogP contribution is 2.18. The first-order chi connectivity index (χ1) is 7.24. The van der Waals surface area contributed by atoms with Crippen LogP contribution in [0.2, 0.25) is 5.02 Å². The molecule has 0 bridgehead atoms. The van der Waals surface area contributed by atoms with E-state index in [0.29, 0.717) is 5.92 Å². The molecule has 1 rings (SSSR count). The predicted octanol–water partition coefficient (Wildman–Crippen LogP) is 2.68. The van der Waals surface area contributed by atoms with E-state index < -0.39 is 0 Å². The second kappa shape index (κ2) is 6.83. The monoisotopic (exact) mass is 227 g/mol. The molecule has 1 aromatic carbocycles. The summed E-state index contributed by atoms with van der Waals surface area (Å²) in [6.07, 6.45) is 0. The lowest BCUT2D eigenvalue weighted by atomic mass is 10.0. The molecule has 0 aliphatic carbocycles. The SMILES string of the molecule is COCCNCC(C)c1cccc(Cl)c1. The fourth-order valence-electron chi connectivity index (χ4n) is 1.42. The first-order valence-corrected chi connectivity index (χ1v) is 5.57. The number of hydrogen-bond acceptors (Lipinski definition) is 2. The van der Waals surface area contributed by atoms with Crippen LogP contribution in [0.25, 0.3) is 0 Å². The molecule has 15 heavy (non-hydrogen) atoms. The van der Waals surface area contributed by atoms with E-state index in [1.54, 1.807) is 7.11 Å². The van der Waals surface area contributed by atoms with Crippen molar-refractivity contribution in [2.45, 2.75) is 12.8 Å². The van der Waals surface area contributed by atoms with Gasteiger partial charge in [0.2, 0.25) is 0 Å². The average molecular weight is 228 g/mol. The third-order valence-electron chi connectivity index (χ3n) is 2.35. The van der Waals surface area contributed by atoms with E-state index in [1.807, 2.05) is 18.2 Å². The van der Waals surface area contributed by atoms with Crippen LogP contribution in [0.15, 0.2) is 24.3 Å². The Morgan fingerprint density at radius 1 is 1.47 bits per heavy atom. The van der Waals surface area contributed by atoms with Gasteiger partial charge in [-0.05, 0) is 23.6 Å². The summed E-state index contributed by atoms with van der Waals surface area (Å²) in [5.74, 6) is 0.473. The van der Waals surface area contributed by atoms with Crippen LogP contribution in [-0.2, 0) is 4.74 Å². The van der Waals surface area contributed by atoms with Gasteiger partial charge in [-0.2, -0.15) is 0 Å². The van der Waals surface area contributed by atoms with Crippen molar-refractivity contribution in [3.8, 4) is 0 Å². The van der Waals surface area contributed by atoms with Gasteiger partial charge in [0, 0.05) is 25.2 Å². The zero-order valence-electron chi connectivity index (χ0n) is 9.29. The summed E-state index contributed by atoms with van der Waals surface area (Å²) in [5.41, 5.74) is 1.27. The van der Waals surface area contributed by atoms with Crippen LogP contribution >= 0.6 is 11.6 Å². The first kappa shape index (κ1) is 12.5. The van der Waals surface area contributed by atoms with Gasteiger partial charge in [-0.15, -0.1) is 0 Å². The first-order valence-electron chi connectivity index (χ1n) is 5.19. The van der Waals surface area contributed by atoms with Gasteiger partial charge >= 0.3 is 0 Å². The lowest BCUT2D eigenvalue weighted by Crippen LogP contribution is -2.23. The molecule has 2 nitrogen and oxygen atoms in total. The Kier molecular flexibility index (Phi) is 5.69. The number of methoxy groups -OCH3 is 1. The molecule has 0 saturated carbocycles.